The van der Waals surface area contributed by atoms with Crippen LogP contribution in [0.2, 0.25) is 10.0 Å². The van der Waals surface area contributed by atoms with E-state index >= 15 is 0 Å². The second-order valence-corrected chi connectivity index (χ2v) is 7.26. The summed E-state index contributed by atoms with van der Waals surface area (Å²) in [6, 6.07) is 5.20. The van der Waals surface area contributed by atoms with Crippen molar-refractivity contribution in [2.45, 2.75) is 38.3 Å². The van der Waals surface area contributed by atoms with Crippen LogP contribution < -0.4 is 5.32 Å². The van der Waals surface area contributed by atoms with Gasteiger partial charge in [0, 0.05) is 22.5 Å². The van der Waals surface area contributed by atoms with Crippen molar-refractivity contribution < 1.29 is 4.79 Å². The first kappa shape index (κ1) is 19.0. The molecule has 128 valence electrons. The summed E-state index contributed by atoms with van der Waals surface area (Å²) in [5, 5.41) is 4.65. The molecule has 0 saturated heterocycles. The number of amides is 1. The predicted octanol–water partition coefficient (Wildman–Crippen LogP) is 4.87. The third-order valence-corrected chi connectivity index (χ3v) is 4.73. The molecule has 2 aromatic rings. The van der Waals surface area contributed by atoms with Gasteiger partial charge in [0.1, 0.15) is 10.9 Å². The molecule has 1 aromatic heterocycles. The van der Waals surface area contributed by atoms with Crippen molar-refractivity contribution in [1.29, 1.82) is 0 Å². The molecule has 1 heterocycles. The lowest BCUT2D eigenvalue weighted by atomic mass is 10.1. The average molecular weight is 384 g/mol. The van der Waals surface area contributed by atoms with Crippen molar-refractivity contribution in [2.24, 2.45) is 0 Å². The number of nitrogens with one attached hydrogen (secondary N) is 1. The molecule has 1 N–H and O–H groups in total. The number of carbonyl (C=O) groups excluding carboxylic acids is 1. The number of thioether (sulfide) groups is 1. The maximum atomic E-state index is 12.6. The predicted molar refractivity (Wildman–Crippen MR) is 100 cm³/mol. The molecular weight excluding hydrogens is 365 g/mol. The molecule has 0 fully saturated rings. The lowest BCUT2D eigenvalue weighted by Gasteiger charge is -2.14. The van der Waals surface area contributed by atoms with E-state index in [0.29, 0.717) is 32.9 Å². The summed E-state index contributed by atoms with van der Waals surface area (Å²) < 4.78 is 0. The number of hydrogen-bond donors (Lipinski definition) is 1. The number of benzene rings is 1. The van der Waals surface area contributed by atoms with Gasteiger partial charge in [-0.1, -0.05) is 43.1 Å². The van der Waals surface area contributed by atoms with Crippen LogP contribution in [0.1, 0.15) is 47.2 Å². The highest BCUT2D eigenvalue weighted by Gasteiger charge is 2.19. The minimum absolute atomic E-state index is 0.208. The van der Waals surface area contributed by atoms with Crippen LogP contribution >= 0.6 is 35.0 Å². The molecular formula is C17H19Cl2N3OS. The molecule has 0 atom stereocenters. The number of rotatable bonds is 5. The van der Waals surface area contributed by atoms with Crippen LogP contribution in [0.15, 0.2) is 23.2 Å². The highest BCUT2D eigenvalue weighted by Crippen LogP contribution is 2.24. The minimum atomic E-state index is -0.210. The molecule has 0 bridgehead atoms. The summed E-state index contributed by atoms with van der Waals surface area (Å²) in [5.41, 5.74) is 1.99. The summed E-state index contributed by atoms with van der Waals surface area (Å²) in [6.45, 7) is 6.20. The number of halogens is 2. The molecule has 2 rings (SSSR count). The van der Waals surface area contributed by atoms with Gasteiger partial charge >= 0.3 is 0 Å². The van der Waals surface area contributed by atoms with E-state index in [1.54, 1.807) is 18.2 Å². The van der Waals surface area contributed by atoms with Crippen LogP contribution in [0.5, 0.6) is 0 Å². The van der Waals surface area contributed by atoms with Gasteiger partial charge in [-0.3, -0.25) is 4.79 Å². The van der Waals surface area contributed by atoms with Crippen molar-refractivity contribution in [3.8, 4) is 0 Å². The number of carbonyl (C=O) groups is 1. The molecule has 24 heavy (non-hydrogen) atoms. The van der Waals surface area contributed by atoms with E-state index in [4.69, 9.17) is 23.2 Å². The Morgan fingerprint density at radius 1 is 1.29 bits per heavy atom. The topological polar surface area (TPSA) is 54.9 Å². The first-order chi connectivity index (χ1) is 11.3. The van der Waals surface area contributed by atoms with Gasteiger partial charge < -0.3 is 5.32 Å². The molecule has 0 aliphatic rings. The fourth-order valence-corrected chi connectivity index (χ4v) is 3.27. The number of nitrogens with zero attached hydrogens (tertiary/aromatic N) is 2. The number of aromatic nitrogens is 2. The molecule has 4 nitrogen and oxygen atoms in total. The summed E-state index contributed by atoms with van der Waals surface area (Å²) in [7, 11) is 0. The quantitative estimate of drug-likeness (QED) is 0.591. The SMILES string of the molecule is CSc1nc(C(C)C)nc(C)c1C(=O)NCc1ccc(Cl)cc1Cl. The largest absolute Gasteiger partial charge is 0.348 e. The molecule has 0 spiro atoms. The van der Waals surface area contributed by atoms with Crippen molar-refractivity contribution in [1.82, 2.24) is 15.3 Å². The molecule has 1 aromatic carbocycles. The Hall–Kier alpha value is -1.30. The number of hydrogen-bond acceptors (Lipinski definition) is 4. The van der Waals surface area contributed by atoms with E-state index in [-0.39, 0.29) is 11.8 Å². The van der Waals surface area contributed by atoms with E-state index in [1.165, 1.54) is 11.8 Å². The summed E-state index contributed by atoms with van der Waals surface area (Å²) in [4.78, 5) is 21.6. The fourth-order valence-electron chi connectivity index (χ4n) is 2.16. The van der Waals surface area contributed by atoms with Gasteiger partial charge in [-0.2, -0.15) is 0 Å². The van der Waals surface area contributed by atoms with Crippen molar-refractivity contribution in [3.05, 3.63) is 50.9 Å². The van der Waals surface area contributed by atoms with Crippen LogP contribution in [0.3, 0.4) is 0 Å². The van der Waals surface area contributed by atoms with Gasteiger partial charge in [-0.15, -0.1) is 11.8 Å². The highest BCUT2D eigenvalue weighted by atomic mass is 35.5. The molecule has 1 amide bonds. The Morgan fingerprint density at radius 2 is 2.00 bits per heavy atom. The summed E-state index contributed by atoms with van der Waals surface area (Å²) >= 11 is 13.5. The van der Waals surface area contributed by atoms with Crippen LogP contribution in [-0.2, 0) is 6.54 Å². The van der Waals surface area contributed by atoms with Crippen LogP contribution in [0.25, 0.3) is 0 Å². The fraction of sp³-hybridized carbons (Fsp3) is 0.353. The third-order valence-electron chi connectivity index (χ3n) is 3.47. The van der Waals surface area contributed by atoms with Crippen LogP contribution in [0.4, 0.5) is 0 Å². The zero-order chi connectivity index (χ0) is 17.9. The molecule has 0 unspecified atom stereocenters. The lowest BCUT2D eigenvalue weighted by molar-refractivity contribution is 0.0946. The van der Waals surface area contributed by atoms with E-state index in [9.17, 15) is 4.79 Å². The molecule has 0 radical (unpaired) electrons. The molecule has 0 saturated carbocycles. The maximum absolute atomic E-state index is 12.6. The second-order valence-electron chi connectivity index (χ2n) is 5.62. The zero-order valence-electron chi connectivity index (χ0n) is 14.0. The first-order valence-corrected chi connectivity index (χ1v) is 9.46. The second kappa shape index (κ2) is 8.19. The van der Waals surface area contributed by atoms with Crippen molar-refractivity contribution >= 4 is 40.9 Å². The van der Waals surface area contributed by atoms with E-state index < -0.39 is 0 Å². The third kappa shape index (κ3) is 4.41. The summed E-state index contributed by atoms with van der Waals surface area (Å²) in [5.74, 6) is 0.743. The van der Waals surface area contributed by atoms with E-state index in [2.05, 4.69) is 15.3 Å². The van der Waals surface area contributed by atoms with Gasteiger partial charge in [-0.25, -0.2) is 9.97 Å². The maximum Gasteiger partial charge on any atom is 0.256 e. The van der Waals surface area contributed by atoms with Gasteiger partial charge in [0.2, 0.25) is 0 Å². The van der Waals surface area contributed by atoms with Crippen LogP contribution in [-0.4, -0.2) is 22.1 Å². The molecule has 0 aliphatic carbocycles. The lowest BCUT2D eigenvalue weighted by Crippen LogP contribution is -2.25. The summed E-state index contributed by atoms with van der Waals surface area (Å²) in [6.07, 6.45) is 1.90. The van der Waals surface area contributed by atoms with Gasteiger partial charge in [0.05, 0.1) is 11.3 Å². The Kier molecular flexibility index (Phi) is 6.49. The monoisotopic (exact) mass is 383 g/mol. The first-order valence-electron chi connectivity index (χ1n) is 7.48. The Morgan fingerprint density at radius 3 is 2.58 bits per heavy atom. The van der Waals surface area contributed by atoms with Gasteiger partial charge in [-0.05, 0) is 30.9 Å². The van der Waals surface area contributed by atoms with E-state index in [1.807, 2.05) is 27.0 Å². The zero-order valence-corrected chi connectivity index (χ0v) is 16.3. The molecule has 7 heteroatoms. The van der Waals surface area contributed by atoms with Crippen LogP contribution in [0, 0.1) is 6.92 Å². The molecule has 0 aliphatic heterocycles. The Balaban J connectivity index is 2.23. The highest BCUT2D eigenvalue weighted by molar-refractivity contribution is 7.98. The Bertz CT molecular complexity index is 766. The van der Waals surface area contributed by atoms with Gasteiger partial charge in [0.15, 0.2) is 0 Å². The average Bonchev–Trinajstić information content (AvgIpc) is 2.52. The van der Waals surface area contributed by atoms with E-state index in [0.717, 1.165) is 11.4 Å². The number of aryl methyl sites for hydroxylation is 1. The smallest absolute Gasteiger partial charge is 0.256 e. The van der Waals surface area contributed by atoms with Crippen molar-refractivity contribution in [3.63, 3.8) is 0 Å². The normalized spacial score (nSPS) is 11.0. The van der Waals surface area contributed by atoms with Gasteiger partial charge in [0.25, 0.3) is 5.91 Å². The Labute approximate surface area is 156 Å². The minimum Gasteiger partial charge on any atom is -0.348 e. The standard InChI is InChI=1S/C17H19Cl2N3OS/c1-9(2)15-21-10(3)14(17(22-15)24-4)16(23)20-8-11-5-6-12(18)7-13(11)19/h5-7,9H,8H2,1-4H3,(H,20,23). The van der Waals surface area contributed by atoms with Crippen molar-refractivity contribution in [2.75, 3.05) is 6.26 Å².